The summed E-state index contributed by atoms with van der Waals surface area (Å²) < 4.78 is 2.18. The van der Waals surface area contributed by atoms with Crippen molar-refractivity contribution in [2.24, 2.45) is 5.73 Å². The Morgan fingerprint density at radius 3 is 3.00 bits per heavy atom. The van der Waals surface area contributed by atoms with Gasteiger partial charge in [0.1, 0.15) is 0 Å². The zero-order valence-corrected chi connectivity index (χ0v) is 8.88. The Morgan fingerprint density at radius 2 is 2.20 bits per heavy atom. The van der Waals surface area contributed by atoms with E-state index in [9.17, 15) is 4.79 Å². The molecule has 0 radical (unpaired) electrons. The predicted molar refractivity (Wildman–Crippen MR) is 61.2 cm³/mol. The number of benzene rings is 1. The van der Waals surface area contributed by atoms with Crippen molar-refractivity contribution in [1.82, 2.24) is 4.57 Å². The predicted octanol–water partition coefficient (Wildman–Crippen LogP) is 1.85. The number of rotatable bonds is 1. The molecule has 0 fully saturated rings. The summed E-state index contributed by atoms with van der Waals surface area (Å²) in [7, 11) is 0. The molecule has 1 amide bonds. The molecular formula is C11H10N2OS. The van der Waals surface area contributed by atoms with Crippen molar-refractivity contribution in [2.45, 2.75) is 11.6 Å². The smallest absolute Gasteiger partial charge is 0.252 e. The van der Waals surface area contributed by atoms with E-state index in [1.165, 1.54) is 0 Å². The van der Waals surface area contributed by atoms with Crippen molar-refractivity contribution in [3.8, 4) is 0 Å². The second kappa shape index (κ2) is 3.03. The van der Waals surface area contributed by atoms with Gasteiger partial charge in [0, 0.05) is 23.2 Å². The number of carbonyl (C=O) groups is 1. The maximum atomic E-state index is 11.4. The summed E-state index contributed by atoms with van der Waals surface area (Å²) in [5, 5.41) is 2.01. The molecule has 0 unspecified atom stereocenters. The molecule has 1 aliphatic rings. The van der Waals surface area contributed by atoms with Crippen LogP contribution >= 0.6 is 11.8 Å². The van der Waals surface area contributed by atoms with E-state index in [0.29, 0.717) is 5.56 Å². The summed E-state index contributed by atoms with van der Waals surface area (Å²) in [6, 6.07) is 7.93. The fourth-order valence-corrected chi connectivity index (χ4v) is 3.29. The minimum atomic E-state index is -0.325. The zero-order chi connectivity index (χ0) is 10.4. The molecule has 0 bridgehead atoms. The Hall–Kier alpha value is -1.42. The van der Waals surface area contributed by atoms with Crippen LogP contribution in [0.15, 0.2) is 29.3 Å². The van der Waals surface area contributed by atoms with Crippen LogP contribution in [0.1, 0.15) is 10.4 Å². The number of thioether (sulfide) groups is 1. The van der Waals surface area contributed by atoms with E-state index >= 15 is 0 Å². The highest BCUT2D eigenvalue weighted by Gasteiger charge is 2.24. The summed E-state index contributed by atoms with van der Waals surface area (Å²) in [5.41, 5.74) is 7.24. The van der Waals surface area contributed by atoms with Crippen LogP contribution in [0.2, 0.25) is 0 Å². The number of nitrogens with two attached hydrogens (primary N) is 1. The molecule has 0 aliphatic carbocycles. The van der Waals surface area contributed by atoms with Gasteiger partial charge in [-0.25, -0.2) is 0 Å². The Balaban J connectivity index is 2.46. The highest BCUT2D eigenvalue weighted by atomic mass is 32.2. The van der Waals surface area contributed by atoms with E-state index in [4.69, 9.17) is 5.73 Å². The lowest BCUT2D eigenvalue weighted by atomic mass is 10.2. The quantitative estimate of drug-likeness (QED) is 0.794. The van der Waals surface area contributed by atoms with E-state index in [2.05, 4.69) is 4.57 Å². The van der Waals surface area contributed by atoms with Crippen LogP contribution < -0.4 is 5.73 Å². The van der Waals surface area contributed by atoms with E-state index in [1.54, 1.807) is 11.8 Å². The fourth-order valence-electron chi connectivity index (χ4n) is 2.12. The van der Waals surface area contributed by atoms with E-state index in [0.717, 1.165) is 28.2 Å². The average molecular weight is 218 g/mol. The molecule has 4 heteroatoms. The SMILES string of the molecule is NC(=O)c1c2n(c3ccccc13)CCS2. The molecule has 3 rings (SSSR count). The van der Waals surface area contributed by atoms with Gasteiger partial charge < -0.3 is 10.3 Å². The number of nitrogens with zero attached hydrogens (tertiary/aromatic N) is 1. The van der Waals surface area contributed by atoms with E-state index in [1.807, 2.05) is 24.3 Å². The molecule has 1 aromatic carbocycles. The lowest BCUT2D eigenvalue weighted by molar-refractivity contribution is 0.0998. The second-order valence-corrected chi connectivity index (χ2v) is 4.65. The highest BCUT2D eigenvalue weighted by Crippen LogP contribution is 2.37. The molecule has 15 heavy (non-hydrogen) atoms. The molecular weight excluding hydrogens is 208 g/mol. The van der Waals surface area contributed by atoms with Gasteiger partial charge >= 0.3 is 0 Å². The van der Waals surface area contributed by atoms with Crippen molar-refractivity contribution in [3.63, 3.8) is 0 Å². The Labute approximate surface area is 91.2 Å². The largest absolute Gasteiger partial charge is 0.365 e. The first-order valence-corrected chi connectivity index (χ1v) is 5.81. The van der Waals surface area contributed by atoms with Gasteiger partial charge in [-0.15, -0.1) is 11.8 Å². The van der Waals surface area contributed by atoms with Gasteiger partial charge in [-0.05, 0) is 6.07 Å². The van der Waals surface area contributed by atoms with Gasteiger partial charge in [0.2, 0.25) is 0 Å². The summed E-state index contributed by atoms with van der Waals surface area (Å²) in [6.07, 6.45) is 0. The Morgan fingerprint density at radius 1 is 1.40 bits per heavy atom. The molecule has 0 saturated carbocycles. The molecule has 76 valence electrons. The van der Waals surface area contributed by atoms with Crippen molar-refractivity contribution in [2.75, 3.05) is 5.75 Å². The lowest BCUT2D eigenvalue weighted by Gasteiger charge is -1.96. The minimum absolute atomic E-state index is 0.325. The van der Waals surface area contributed by atoms with Gasteiger partial charge in [-0.1, -0.05) is 18.2 Å². The van der Waals surface area contributed by atoms with Crippen LogP contribution in [0.3, 0.4) is 0 Å². The van der Waals surface area contributed by atoms with Gasteiger partial charge in [0.15, 0.2) is 0 Å². The van der Waals surface area contributed by atoms with Crippen molar-refractivity contribution < 1.29 is 4.79 Å². The maximum absolute atomic E-state index is 11.4. The first kappa shape index (κ1) is 8.85. The number of carbonyl (C=O) groups excluding carboxylic acids is 1. The molecule has 1 aromatic heterocycles. The van der Waals surface area contributed by atoms with Gasteiger partial charge in [0.25, 0.3) is 5.91 Å². The average Bonchev–Trinajstić information content (AvgIpc) is 2.75. The van der Waals surface area contributed by atoms with Gasteiger partial charge in [-0.3, -0.25) is 4.79 Å². The van der Waals surface area contributed by atoms with Crippen LogP contribution in [0, 0.1) is 0 Å². The standard InChI is InChI=1S/C11H10N2OS/c12-10(14)9-7-3-1-2-4-8(7)13-5-6-15-11(9)13/h1-4H,5-6H2,(H2,12,14). The first-order valence-electron chi connectivity index (χ1n) is 4.83. The number of aromatic nitrogens is 1. The van der Waals surface area contributed by atoms with Crippen LogP contribution in [-0.4, -0.2) is 16.2 Å². The number of aryl methyl sites for hydroxylation is 1. The maximum Gasteiger partial charge on any atom is 0.252 e. The number of para-hydroxylation sites is 1. The summed E-state index contributed by atoms with van der Waals surface area (Å²) in [6.45, 7) is 0.966. The van der Waals surface area contributed by atoms with Crippen LogP contribution in [0.4, 0.5) is 0 Å². The van der Waals surface area contributed by atoms with Gasteiger partial charge in [-0.2, -0.15) is 0 Å². The second-order valence-electron chi connectivity index (χ2n) is 3.56. The number of amides is 1. The number of primary amides is 1. The molecule has 0 spiro atoms. The van der Waals surface area contributed by atoms with Crippen molar-refractivity contribution in [3.05, 3.63) is 29.8 Å². The van der Waals surface area contributed by atoms with Crippen LogP contribution in [0.25, 0.3) is 10.9 Å². The topological polar surface area (TPSA) is 48.0 Å². The normalized spacial score (nSPS) is 14.4. The Bertz CT molecular complexity index is 559. The highest BCUT2D eigenvalue weighted by molar-refractivity contribution is 7.99. The molecule has 2 heterocycles. The van der Waals surface area contributed by atoms with Crippen LogP contribution in [0.5, 0.6) is 0 Å². The van der Waals surface area contributed by atoms with Gasteiger partial charge in [0.05, 0.1) is 10.6 Å². The summed E-state index contributed by atoms with van der Waals surface area (Å²) in [4.78, 5) is 11.4. The third kappa shape index (κ3) is 1.11. The Kier molecular flexibility index (Phi) is 1.79. The van der Waals surface area contributed by atoms with Crippen molar-refractivity contribution >= 4 is 28.6 Å². The van der Waals surface area contributed by atoms with E-state index in [-0.39, 0.29) is 5.91 Å². The molecule has 2 N–H and O–H groups in total. The first-order chi connectivity index (χ1) is 7.29. The number of fused-ring (bicyclic) bond motifs is 3. The summed E-state index contributed by atoms with van der Waals surface area (Å²) in [5.74, 6) is 0.704. The molecule has 0 saturated heterocycles. The molecule has 3 nitrogen and oxygen atoms in total. The third-order valence-corrected chi connectivity index (χ3v) is 3.81. The number of hydrogen-bond donors (Lipinski definition) is 1. The number of hydrogen-bond acceptors (Lipinski definition) is 2. The monoisotopic (exact) mass is 218 g/mol. The molecule has 1 aliphatic heterocycles. The van der Waals surface area contributed by atoms with Crippen molar-refractivity contribution in [1.29, 1.82) is 0 Å². The fraction of sp³-hybridized carbons (Fsp3) is 0.182. The van der Waals surface area contributed by atoms with E-state index < -0.39 is 0 Å². The molecule has 2 aromatic rings. The third-order valence-electron chi connectivity index (χ3n) is 2.72. The van der Waals surface area contributed by atoms with Crippen LogP contribution in [-0.2, 0) is 6.54 Å². The molecule has 0 atom stereocenters. The zero-order valence-electron chi connectivity index (χ0n) is 8.06. The lowest BCUT2D eigenvalue weighted by Crippen LogP contribution is -2.11. The summed E-state index contributed by atoms with van der Waals surface area (Å²) >= 11 is 1.71. The minimum Gasteiger partial charge on any atom is -0.365 e.